The highest BCUT2D eigenvalue weighted by Crippen LogP contribution is 2.41. The molecule has 5 rings (SSSR count). The third-order valence-corrected chi connectivity index (χ3v) is 5.62. The summed E-state index contributed by atoms with van der Waals surface area (Å²) < 4.78 is 2.34. The van der Waals surface area contributed by atoms with Gasteiger partial charge in [-0.1, -0.05) is 65.7 Å². The van der Waals surface area contributed by atoms with Crippen LogP contribution in [-0.4, -0.2) is 9.55 Å². The van der Waals surface area contributed by atoms with Gasteiger partial charge in [0.2, 0.25) is 5.95 Å². The van der Waals surface area contributed by atoms with Gasteiger partial charge in [0, 0.05) is 5.02 Å². The summed E-state index contributed by atoms with van der Waals surface area (Å²) in [6, 6.07) is 25.7. The van der Waals surface area contributed by atoms with Crippen molar-refractivity contribution in [1.82, 2.24) is 9.55 Å². The van der Waals surface area contributed by atoms with Gasteiger partial charge in [0.15, 0.2) is 0 Å². The van der Waals surface area contributed by atoms with E-state index in [-0.39, 0.29) is 12.1 Å². The minimum Gasteiger partial charge on any atom is -0.349 e. The predicted molar refractivity (Wildman–Crippen MR) is 111 cm³/mol. The van der Waals surface area contributed by atoms with Gasteiger partial charge in [0.1, 0.15) is 0 Å². The molecule has 4 aromatic rings. The van der Waals surface area contributed by atoms with Gasteiger partial charge in [-0.3, -0.25) is 0 Å². The Morgan fingerprint density at radius 3 is 2.59 bits per heavy atom. The summed E-state index contributed by atoms with van der Waals surface area (Å²) in [5.74, 6) is 0.925. The van der Waals surface area contributed by atoms with Gasteiger partial charge in [0.25, 0.3) is 0 Å². The quantitative estimate of drug-likeness (QED) is 0.457. The summed E-state index contributed by atoms with van der Waals surface area (Å²) in [5.41, 5.74) is 6.02. The van der Waals surface area contributed by atoms with Gasteiger partial charge in [-0.25, -0.2) is 4.98 Å². The number of benzene rings is 3. The van der Waals surface area contributed by atoms with Crippen LogP contribution in [0.15, 0.2) is 72.8 Å². The van der Waals surface area contributed by atoms with Crippen LogP contribution in [0.3, 0.4) is 0 Å². The number of nitrogens with zero attached hydrogens (tertiary/aromatic N) is 2. The number of halogens is 1. The van der Waals surface area contributed by atoms with Crippen molar-refractivity contribution in [1.29, 1.82) is 0 Å². The van der Waals surface area contributed by atoms with Gasteiger partial charge in [-0.15, -0.1) is 0 Å². The van der Waals surface area contributed by atoms with E-state index in [1.54, 1.807) is 0 Å². The Hall–Kier alpha value is -2.78. The highest BCUT2D eigenvalue weighted by Gasteiger charge is 2.30. The number of aryl methyl sites for hydroxylation is 1. The van der Waals surface area contributed by atoms with E-state index in [0.717, 1.165) is 22.9 Å². The fraction of sp³-hybridized carbons (Fsp3) is 0.174. The van der Waals surface area contributed by atoms with Crippen LogP contribution in [0.5, 0.6) is 0 Å². The zero-order valence-electron chi connectivity index (χ0n) is 15.1. The standard InChI is InChI=1S/C23H20ClN3/c1-15-5-4-6-17(13-15)22-14-20(16-9-11-18(24)12-10-16)26-23-25-19-7-2-3-8-21(19)27(22)23/h2-13,20,22H,14H2,1H3,(H,25,26)/t20-,22-/m0/s1. The highest BCUT2D eigenvalue weighted by molar-refractivity contribution is 6.30. The maximum atomic E-state index is 6.09. The van der Waals surface area contributed by atoms with Gasteiger partial charge < -0.3 is 9.88 Å². The minimum absolute atomic E-state index is 0.192. The van der Waals surface area contributed by atoms with E-state index in [2.05, 4.69) is 71.4 Å². The molecule has 0 aliphatic carbocycles. The van der Waals surface area contributed by atoms with Crippen LogP contribution in [0.1, 0.15) is 35.2 Å². The molecule has 0 saturated carbocycles. The van der Waals surface area contributed by atoms with Crippen molar-refractivity contribution in [3.63, 3.8) is 0 Å². The molecule has 2 atom stereocenters. The molecule has 0 fully saturated rings. The van der Waals surface area contributed by atoms with Gasteiger partial charge in [-0.05, 0) is 48.7 Å². The molecule has 0 bridgehead atoms. The van der Waals surface area contributed by atoms with Crippen LogP contribution in [0.2, 0.25) is 5.02 Å². The molecule has 134 valence electrons. The van der Waals surface area contributed by atoms with Crippen molar-refractivity contribution in [2.75, 3.05) is 5.32 Å². The Bertz CT molecular complexity index is 1110. The third kappa shape index (κ3) is 2.88. The molecule has 0 radical (unpaired) electrons. The second-order valence-electron chi connectivity index (χ2n) is 7.21. The van der Waals surface area contributed by atoms with E-state index >= 15 is 0 Å². The number of para-hydroxylation sites is 2. The normalized spacial score (nSPS) is 18.9. The Kier molecular flexibility index (Phi) is 3.91. The van der Waals surface area contributed by atoms with Gasteiger partial charge >= 0.3 is 0 Å². The number of fused-ring (bicyclic) bond motifs is 3. The molecule has 27 heavy (non-hydrogen) atoms. The fourth-order valence-corrected chi connectivity index (χ4v) is 4.21. The lowest BCUT2D eigenvalue weighted by Crippen LogP contribution is -2.27. The maximum absolute atomic E-state index is 6.09. The zero-order valence-corrected chi connectivity index (χ0v) is 15.8. The number of imidazole rings is 1. The largest absolute Gasteiger partial charge is 0.349 e. The zero-order chi connectivity index (χ0) is 18.4. The molecule has 1 aromatic heterocycles. The lowest BCUT2D eigenvalue weighted by atomic mass is 9.92. The smallest absolute Gasteiger partial charge is 0.204 e. The van der Waals surface area contributed by atoms with E-state index in [1.165, 1.54) is 22.2 Å². The van der Waals surface area contributed by atoms with E-state index in [1.807, 2.05) is 18.2 Å². The van der Waals surface area contributed by atoms with E-state index in [0.29, 0.717) is 0 Å². The summed E-state index contributed by atoms with van der Waals surface area (Å²) in [6.07, 6.45) is 0.957. The number of rotatable bonds is 2. The molecule has 1 aliphatic heterocycles. The Balaban J connectivity index is 1.67. The van der Waals surface area contributed by atoms with Gasteiger partial charge in [-0.2, -0.15) is 0 Å². The van der Waals surface area contributed by atoms with Crippen molar-refractivity contribution < 1.29 is 0 Å². The van der Waals surface area contributed by atoms with Crippen LogP contribution in [0.4, 0.5) is 5.95 Å². The highest BCUT2D eigenvalue weighted by atomic mass is 35.5. The Morgan fingerprint density at radius 2 is 1.78 bits per heavy atom. The molecular weight excluding hydrogens is 354 g/mol. The van der Waals surface area contributed by atoms with Crippen molar-refractivity contribution in [2.45, 2.75) is 25.4 Å². The first-order chi connectivity index (χ1) is 13.2. The van der Waals surface area contributed by atoms with Crippen molar-refractivity contribution in [3.8, 4) is 0 Å². The summed E-state index contributed by atoms with van der Waals surface area (Å²) >= 11 is 6.09. The second-order valence-corrected chi connectivity index (χ2v) is 7.64. The number of anilines is 1. The second kappa shape index (κ2) is 6.43. The summed E-state index contributed by atoms with van der Waals surface area (Å²) in [7, 11) is 0. The summed E-state index contributed by atoms with van der Waals surface area (Å²) in [6.45, 7) is 2.15. The predicted octanol–water partition coefficient (Wildman–Crippen LogP) is 6.14. The van der Waals surface area contributed by atoms with Crippen molar-refractivity contribution >= 4 is 28.6 Å². The first-order valence-electron chi connectivity index (χ1n) is 9.24. The SMILES string of the molecule is Cc1cccc([C@@H]2C[C@@H](c3ccc(Cl)cc3)Nc3nc4ccccc4n32)c1. The summed E-state index contributed by atoms with van der Waals surface area (Å²) in [4.78, 5) is 4.87. The first-order valence-corrected chi connectivity index (χ1v) is 9.62. The molecule has 0 spiro atoms. The average Bonchev–Trinajstić information content (AvgIpc) is 3.06. The molecule has 0 unspecified atom stereocenters. The number of nitrogens with one attached hydrogen (secondary N) is 1. The van der Waals surface area contributed by atoms with Gasteiger partial charge in [0.05, 0.1) is 23.1 Å². The molecule has 3 aromatic carbocycles. The molecule has 4 heteroatoms. The third-order valence-electron chi connectivity index (χ3n) is 5.37. The fourth-order valence-electron chi connectivity index (χ4n) is 4.08. The number of hydrogen-bond donors (Lipinski definition) is 1. The minimum atomic E-state index is 0.192. The number of aromatic nitrogens is 2. The van der Waals surface area contributed by atoms with Crippen LogP contribution in [0.25, 0.3) is 11.0 Å². The lowest BCUT2D eigenvalue weighted by molar-refractivity contribution is 0.477. The molecule has 0 saturated heterocycles. The number of hydrogen-bond acceptors (Lipinski definition) is 2. The molecule has 3 nitrogen and oxygen atoms in total. The molecular formula is C23H20ClN3. The van der Waals surface area contributed by atoms with E-state index in [4.69, 9.17) is 16.6 Å². The van der Waals surface area contributed by atoms with Crippen LogP contribution in [-0.2, 0) is 0 Å². The Labute approximate surface area is 163 Å². The molecule has 1 aliphatic rings. The first kappa shape index (κ1) is 16.4. The van der Waals surface area contributed by atoms with Crippen LogP contribution < -0.4 is 5.32 Å². The molecule has 0 amide bonds. The molecule has 2 heterocycles. The maximum Gasteiger partial charge on any atom is 0.204 e. The van der Waals surface area contributed by atoms with Crippen LogP contribution in [0, 0.1) is 6.92 Å². The Morgan fingerprint density at radius 1 is 0.963 bits per heavy atom. The van der Waals surface area contributed by atoms with Crippen LogP contribution >= 0.6 is 11.6 Å². The average molecular weight is 374 g/mol. The van der Waals surface area contributed by atoms with Crippen molar-refractivity contribution in [2.24, 2.45) is 0 Å². The molecule has 1 N–H and O–H groups in total. The van der Waals surface area contributed by atoms with E-state index in [9.17, 15) is 0 Å². The van der Waals surface area contributed by atoms with E-state index < -0.39 is 0 Å². The summed E-state index contributed by atoms with van der Waals surface area (Å²) in [5, 5.41) is 4.41. The lowest BCUT2D eigenvalue weighted by Gasteiger charge is -2.33. The topological polar surface area (TPSA) is 29.9 Å². The monoisotopic (exact) mass is 373 g/mol. The van der Waals surface area contributed by atoms with Crippen molar-refractivity contribution in [3.05, 3.63) is 94.5 Å².